The molecule has 0 saturated carbocycles. The van der Waals surface area contributed by atoms with Gasteiger partial charge < -0.3 is 5.32 Å². The van der Waals surface area contributed by atoms with Crippen molar-refractivity contribution >= 4 is 36.5 Å². The Morgan fingerprint density at radius 1 is 1.04 bits per heavy atom. The highest BCUT2D eigenvalue weighted by Gasteiger charge is 2.12. The van der Waals surface area contributed by atoms with E-state index < -0.39 is 0 Å². The van der Waals surface area contributed by atoms with Crippen molar-refractivity contribution in [3.05, 3.63) is 75.9 Å². The van der Waals surface area contributed by atoms with Gasteiger partial charge in [-0.25, -0.2) is 4.79 Å². The summed E-state index contributed by atoms with van der Waals surface area (Å²) in [5.41, 5.74) is 1.27. The van der Waals surface area contributed by atoms with E-state index in [9.17, 15) is 4.79 Å². The normalized spacial score (nSPS) is 10.5. The van der Waals surface area contributed by atoms with Gasteiger partial charge in [-0.1, -0.05) is 36.4 Å². The summed E-state index contributed by atoms with van der Waals surface area (Å²) in [6.07, 6.45) is 0. The van der Waals surface area contributed by atoms with Crippen LogP contribution in [0.3, 0.4) is 0 Å². The van der Waals surface area contributed by atoms with E-state index in [0.29, 0.717) is 23.0 Å². The third-order valence-electron chi connectivity index (χ3n) is 3.43. The molecule has 0 saturated heterocycles. The Bertz CT molecular complexity index is 936. The first-order chi connectivity index (χ1) is 11.7. The minimum absolute atomic E-state index is 0.383. The largest absolute Gasteiger partial charge is 0.353 e. The smallest absolute Gasteiger partial charge is 0.325 e. The number of thiol groups is 1. The average molecular weight is 356 g/mol. The molecule has 3 rings (SSSR count). The topological polar surface area (TPSA) is 51.9 Å². The zero-order valence-corrected chi connectivity index (χ0v) is 14.5. The van der Waals surface area contributed by atoms with Crippen molar-refractivity contribution in [2.75, 3.05) is 11.1 Å². The number of rotatable bonds is 5. The molecule has 1 N–H and O–H groups in total. The van der Waals surface area contributed by atoms with E-state index in [-0.39, 0.29) is 5.69 Å². The monoisotopic (exact) mass is 356 g/mol. The predicted molar refractivity (Wildman–Crippen MR) is 102 cm³/mol. The molecule has 0 fully saturated rings. The average Bonchev–Trinajstić information content (AvgIpc) is 2.60. The van der Waals surface area contributed by atoms with Crippen LogP contribution in [-0.2, 0) is 6.54 Å². The lowest BCUT2D eigenvalue weighted by Crippen LogP contribution is -2.29. The van der Waals surface area contributed by atoms with E-state index in [0.717, 1.165) is 11.4 Å². The van der Waals surface area contributed by atoms with E-state index in [1.807, 2.05) is 60.7 Å². The Hall–Kier alpha value is -2.38. The molecule has 3 aromatic rings. The third kappa shape index (κ3) is 3.42. The molecule has 24 heavy (non-hydrogen) atoms. The van der Waals surface area contributed by atoms with Gasteiger partial charge in [-0.2, -0.15) is 17.6 Å². The van der Waals surface area contributed by atoms with Gasteiger partial charge >= 0.3 is 5.69 Å². The second-order valence-corrected chi connectivity index (χ2v) is 5.85. The van der Waals surface area contributed by atoms with Gasteiger partial charge in [0.05, 0.1) is 5.69 Å². The van der Waals surface area contributed by atoms with Gasteiger partial charge in [-0.3, -0.25) is 9.13 Å². The first-order valence-corrected chi connectivity index (χ1v) is 8.47. The molecule has 5 nitrogen and oxygen atoms in total. The summed E-state index contributed by atoms with van der Waals surface area (Å²) in [5, 5.41) is 3.17. The Morgan fingerprint density at radius 3 is 2.29 bits per heavy atom. The quantitative estimate of drug-likeness (QED) is 0.543. The Labute approximate surface area is 150 Å². The molecule has 0 spiro atoms. The summed E-state index contributed by atoms with van der Waals surface area (Å²) in [6.45, 7) is 0.409. The maximum atomic E-state index is 12.3. The van der Waals surface area contributed by atoms with Gasteiger partial charge in [0.25, 0.3) is 0 Å². The molecule has 0 amide bonds. The van der Waals surface area contributed by atoms with Gasteiger partial charge in [-0.05, 0) is 36.5 Å². The van der Waals surface area contributed by atoms with E-state index in [2.05, 4.69) is 22.9 Å². The van der Waals surface area contributed by atoms with Crippen LogP contribution < -0.4 is 11.0 Å². The predicted octanol–water partition coefficient (Wildman–Crippen LogP) is 3.44. The third-order valence-corrected chi connectivity index (χ3v) is 4.04. The Morgan fingerprint density at radius 2 is 1.67 bits per heavy atom. The SMILES string of the molecule is O=c1nc(Nc2ccccc2)n(-c2ccccc2)c(=S)n1CCS. The van der Waals surface area contributed by atoms with Crippen LogP contribution in [0, 0.1) is 4.77 Å². The van der Waals surface area contributed by atoms with Crippen LogP contribution in [0.15, 0.2) is 65.5 Å². The summed E-state index contributed by atoms with van der Waals surface area (Å²) in [7, 11) is 0. The highest BCUT2D eigenvalue weighted by atomic mass is 32.1. The fraction of sp³-hybridized carbons (Fsp3) is 0.118. The van der Waals surface area contributed by atoms with Crippen molar-refractivity contribution in [1.29, 1.82) is 0 Å². The summed E-state index contributed by atoms with van der Waals surface area (Å²) >= 11 is 9.74. The van der Waals surface area contributed by atoms with E-state index in [1.54, 1.807) is 4.57 Å². The molecule has 122 valence electrons. The van der Waals surface area contributed by atoms with Crippen molar-refractivity contribution in [3.8, 4) is 5.69 Å². The molecular weight excluding hydrogens is 340 g/mol. The first-order valence-electron chi connectivity index (χ1n) is 7.43. The molecule has 1 aromatic heterocycles. The zero-order valence-electron chi connectivity index (χ0n) is 12.8. The number of para-hydroxylation sites is 2. The number of hydrogen-bond acceptors (Lipinski definition) is 5. The van der Waals surface area contributed by atoms with Crippen molar-refractivity contribution in [2.24, 2.45) is 0 Å². The number of anilines is 2. The fourth-order valence-electron chi connectivity index (χ4n) is 2.33. The summed E-state index contributed by atoms with van der Waals surface area (Å²) in [6, 6.07) is 19.1. The molecule has 0 radical (unpaired) electrons. The Balaban J connectivity index is 2.20. The molecule has 1 heterocycles. The van der Waals surface area contributed by atoms with Gasteiger partial charge in [-0.15, -0.1) is 0 Å². The van der Waals surface area contributed by atoms with Gasteiger partial charge in [0.2, 0.25) is 5.95 Å². The number of nitrogens with zero attached hydrogens (tertiary/aromatic N) is 3. The molecule has 0 unspecified atom stereocenters. The fourth-order valence-corrected chi connectivity index (χ4v) is 2.89. The highest BCUT2D eigenvalue weighted by Crippen LogP contribution is 2.18. The minimum atomic E-state index is -0.389. The maximum absolute atomic E-state index is 12.3. The second-order valence-electron chi connectivity index (χ2n) is 5.04. The van der Waals surface area contributed by atoms with E-state index >= 15 is 0 Å². The lowest BCUT2D eigenvalue weighted by atomic mass is 10.3. The van der Waals surface area contributed by atoms with Crippen LogP contribution in [0.5, 0.6) is 0 Å². The molecule has 7 heteroatoms. The lowest BCUT2D eigenvalue weighted by Gasteiger charge is -2.16. The van der Waals surface area contributed by atoms with Crippen LogP contribution in [0.25, 0.3) is 5.69 Å². The summed E-state index contributed by atoms with van der Waals surface area (Å²) in [5.74, 6) is 0.892. The van der Waals surface area contributed by atoms with Crippen LogP contribution in [0.2, 0.25) is 0 Å². The minimum Gasteiger partial charge on any atom is -0.325 e. The van der Waals surface area contributed by atoms with Crippen LogP contribution >= 0.6 is 24.8 Å². The van der Waals surface area contributed by atoms with E-state index in [1.165, 1.54) is 4.57 Å². The van der Waals surface area contributed by atoms with Crippen molar-refractivity contribution in [2.45, 2.75) is 6.54 Å². The highest BCUT2D eigenvalue weighted by molar-refractivity contribution is 7.80. The van der Waals surface area contributed by atoms with E-state index in [4.69, 9.17) is 12.2 Å². The van der Waals surface area contributed by atoms with Gasteiger partial charge in [0.1, 0.15) is 0 Å². The molecular formula is C17H16N4OS2. The van der Waals surface area contributed by atoms with Crippen LogP contribution in [-0.4, -0.2) is 19.9 Å². The van der Waals surface area contributed by atoms with Crippen molar-refractivity contribution in [3.63, 3.8) is 0 Å². The summed E-state index contributed by atoms with van der Waals surface area (Å²) < 4.78 is 3.59. The van der Waals surface area contributed by atoms with Gasteiger partial charge in [0.15, 0.2) is 4.77 Å². The van der Waals surface area contributed by atoms with Crippen molar-refractivity contribution < 1.29 is 0 Å². The zero-order chi connectivity index (χ0) is 16.9. The summed E-state index contributed by atoms with van der Waals surface area (Å²) in [4.78, 5) is 16.5. The Kier molecular flexibility index (Phi) is 5.12. The maximum Gasteiger partial charge on any atom is 0.353 e. The molecule has 0 bridgehead atoms. The number of nitrogens with one attached hydrogen (secondary N) is 1. The number of benzene rings is 2. The first kappa shape index (κ1) is 16.5. The number of hydrogen-bond donors (Lipinski definition) is 2. The molecule has 0 aliphatic rings. The van der Waals surface area contributed by atoms with Gasteiger partial charge in [0, 0.05) is 18.0 Å². The number of aromatic nitrogens is 3. The van der Waals surface area contributed by atoms with Crippen LogP contribution in [0.4, 0.5) is 11.6 Å². The second kappa shape index (κ2) is 7.46. The standard InChI is InChI=1S/C17H16N4OS2/c22-16-19-15(18-13-7-3-1-4-8-13)21(14-9-5-2-6-10-14)17(24)20(16)11-12-23/h1-10,23H,11-12H2,(H,18,19,22). The van der Waals surface area contributed by atoms with Crippen LogP contribution in [0.1, 0.15) is 0 Å². The van der Waals surface area contributed by atoms with Crippen molar-refractivity contribution in [1.82, 2.24) is 14.1 Å². The molecule has 2 aromatic carbocycles. The lowest BCUT2D eigenvalue weighted by molar-refractivity contribution is 0.648. The molecule has 0 atom stereocenters. The molecule has 0 aliphatic carbocycles. The molecule has 0 aliphatic heterocycles.